The molecule has 12 heavy (non-hydrogen) atoms. The molecule has 0 saturated carbocycles. The Bertz CT molecular complexity index is 276. The number of rotatable bonds is 2. The van der Waals surface area contributed by atoms with E-state index in [1.54, 1.807) is 0 Å². The summed E-state index contributed by atoms with van der Waals surface area (Å²) >= 11 is 5.49. The van der Waals surface area contributed by atoms with E-state index in [4.69, 9.17) is 16.7 Å². The van der Waals surface area contributed by atoms with E-state index in [0.29, 0.717) is 0 Å². The van der Waals surface area contributed by atoms with Gasteiger partial charge in [0.05, 0.1) is 0 Å². The maximum Gasteiger partial charge on any atom is 0.295 e. The van der Waals surface area contributed by atoms with Crippen molar-refractivity contribution in [2.45, 2.75) is 5.92 Å². The minimum atomic E-state index is -3.20. The molecule has 0 aliphatic heterocycles. The molecule has 4 heteroatoms. The zero-order chi connectivity index (χ0) is 9.19. The molecule has 0 atom stereocenters. The maximum atomic E-state index is 12.8. The predicted octanol–water partition coefficient (Wildman–Crippen LogP) is 2.42. The number of alkyl halides is 2. The van der Waals surface area contributed by atoms with Crippen molar-refractivity contribution in [2.24, 2.45) is 0 Å². The van der Waals surface area contributed by atoms with E-state index in [0.717, 1.165) is 6.07 Å². The van der Waals surface area contributed by atoms with Gasteiger partial charge in [-0.3, -0.25) is 0 Å². The van der Waals surface area contributed by atoms with E-state index < -0.39 is 12.5 Å². The fourth-order valence-corrected chi connectivity index (χ4v) is 0.998. The van der Waals surface area contributed by atoms with Crippen molar-refractivity contribution >= 4 is 11.6 Å². The van der Waals surface area contributed by atoms with Crippen LogP contribution in [0.1, 0.15) is 5.56 Å². The van der Waals surface area contributed by atoms with Crippen molar-refractivity contribution in [1.82, 2.24) is 0 Å². The zero-order valence-corrected chi connectivity index (χ0v) is 6.85. The van der Waals surface area contributed by atoms with Crippen molar-refractivity contribution in [1.29, 1.82) is 0 Å². The van der Waals surface area contributed by atoms with E-state index in [1.807, 2.05) is 0 Å². The normalized spacial score (nSPS) is 11.7. The van der Waals surface area contributed by atoms with Gasteiger partial charge in [0, 0.05) is 10.6 Å². The second-order valence-corrected chi connectivity index (χ2v) is 2.81. The first-order chi connectivity index (χ1) is 5.56. The molecule has 1 aromatic carbocycles. The Labute approximate surface area is 73.6 Å². The average molecular weight is 193 g/mol. The van der Waals surface area contributed by atoms with Crippen molar-refractivity contribution in [3.05, 3.63) is 34.9 Å². The van der Waals surface area contributed by atoms with E-state index in [1.165, 1.54) is 18.2 Å². The van der Waals surface area contributed by atoms with Gasteiger partial charge in [0.1, 0.15) is 6.61 Å². The fourth-order valence-electron chi connectivity index (χ4n) is 0.807. The Morgan fingerprint density at radius 1 is 1.42 bits per heavy atom. The van der Waals surface area contributed by atoms with Gasteiger partial charge in [-0.25, -0.2) is 0 Å². The highest BCUT2D eigenvalue weighted by molar-refractivity contribution is 6.30. The van der Waals surface area contributed by atoms with Crippen LogP contribution in [0.3, 0.4) is 0 Å². The number of hydrogen-bond acceptors (Lipinski definition) is 1. The summed E-state index contributed by atoms with van der Waals surface area (Å²) in [6, 6.07) is 5.28. The van der Waals surface area contributed by atoms with Crippen LogP contribution in [0.5, 0.6) is 0 Å². The highest BCUT2D eigenvalue weighted by atomic mass is 35.5. The molecule has 1 N–H and O–H groups in total. The van der Waals surface area contributed by atoms with Crippen LogP contribution in [0.4, 0.5) is 8.78 Å². The highest BCUT2D eigenvalue weighted by Gasteiger charge is 2.30. The average Bonchev–Trinajstić information content (AvgIpc) is 2.05. The summed E-state index contributed by atoms with van der Waals surface area (Å²) in [7, 11) is 0. The molecule has 0 bridgehead atoms. The highest BCUT2D eigenvalue weighted by Crippen LogP contribution is 2.28. The Morgan fingerprint density at radius 2 is 2.08 bits per heavy atom. The molecule has 66 valence electrons. The molecule has 0 aliphatic carbocycles. The molecular weight excluding hydrogens is 186 g/mol. The Morgan fingerprint density at radius 3 is 2.58 bits per heavy atom. The second-order valence-electron chi connectivity index (χ2n) is 2.37. The first-order valence-corrected chi connectivity index (χ1v) is 3.69. The largest absolute Gasteiger partial charge is 0.390 e. The van der Waals surface area contributed by atoms with Gasteiger partial charge in [-0.1, -0.05) is 23.7 Å². The van der Waals surface area contributed by atoms with Crippen LogP contribution in [0.25, 0.3) is 0 Å². The summed E-state index contributed by atoms with van der Waals surface area (Å²) < 4.78 is 25.5. The van der Waals surface area contributed by atoms with Crippen LogP contribution in [0.2, 0.25) is 5.02 Å². The summed E-state index contributed by atoms with van der Waals surface area (Å²) in [6.07, 6.45) is 0. The molecule has 0 radical (unpaired) electrons. The molecule has 0 aromatic heterocycles. The molecule has 0 fully saturated rings. The fraction of sp³-hybridized carbons (Fsp3) is 0.250. The lowest BCUT2D eigenvalue weighted by Crippen LogP contribution is -2.18. The van der Waals surface area contributed by atoms with Crippen molar-refractivity contribution < 1.29 is 13.9 Å². The summed E-state index contributed by atoms with van der Waals surface area (Å²) in [5, 5.41) is 8.58. The molecule has 0 spiro atoms. The van der Waals surface area contributed by atoms with Crippen LogP contribution < -0.4 is 0 Å². The summed E-state index contributed by atoms with van der Waals surface area (Å²) in [4.78, 5) is 0. The van der Waals surface area contributed by atoms with Gasteiger partial charge in [-0.05, 0) is 12.1 Å². The Hall–Kier alpha value is -0.670. The first kappa shape index (κ1) is 9.42. The smallest absolute Gasteiger partial charge is 0.295 e. The lowest BCUT2D eigenvalue weighted by atomic mass is 10.1. The van der Waals surface area contributed by atoms with Crippen molar-refractivity contribution in [3.63, 3.8) is 0 Å². The number of halogens is 3. The summed E-state index contributed by atoms with van der Waals surface area (Å²) in [5.74, 6) is -3.20. The lowest BCUT2D eigenvalue weighted by molar-refractivity contribution is -0.0556. The molecule has 1 aromatic rings. The molecule has 0 heterocycles. The molecule has 0 unspecified atom stereocenters. The first-order valence-electron chi connectivity index (χ1n) is 3.31. The van der Waals surface area contributed by atoms with Gasteiger partial charge in [0.15, 0.2) is 0 Å². The third kappa shape index (κ3) is 1.93. The number of benzene rings is 1. The van der Waals surface area contributed by atoms with E-state index in [-0.39, 0.29) is 10.6 Å². The predicted molar refractivity (Wildman–Crippen MR) is 42.4 cm³/mol. The lowest BCUT2D eigenvalue weighted by Gasteiger charge is -2.12. The quantitative estimate of drug-likeness (QED) is 0.763. The van der Waals surface area contributed by atoms with Gasteiger partial charge >= 0.3 is 0 Å². The van der Waals surface area contributed by atoms with E-state index >= 15 is 0 Å². The number of aliphatic hydroxyl groups excluding tert-OH is 1. The van der Waals surface area contributed by atoms with E-state index in [9.17, 15) is 8.78 Å². The van der Waals surface area contributed by atoms with Gasteiger partial charge < -0.3 is 5.11 Å². The zero-order valence-electron chi connectivity index (χ0n) is 6.10. The number of hydrogen-bond donors (Lipinski definition) is 1. The summed E-state index contributed by atoms with van der Waals surface area (Å²) in [5.41, 5.74) is -0.266. The van der Waals surface area contributed by atoms with Crippen LogP contribution >= 0.6 is 11.6 Å². The molecule has 0 saturated heterocycles. The van der Waals surface area contributed by atoms with Crippen LogP contribution in [-0.2, 0) is 5.92 Å². The van der Waals surface area contributed by atoms with E-state index in [2.05, 4.69) is 0 Å². The maximum absolute atomic E-state index is 12.8. The third-order valence-electron chi connectivity index (χ3n) is 1.45. The Kier molecular flexibility index (Phi) is 2.65. The van der Waals surface area contributed by atoms with Crippen molar-refractivity contribution in [3.8, 4) is 0 Å². The standard InChI is InChI=1S/C8H7ClF2O/c9-7-3-1-2-6(4-7)8(10,11)5-12/h1-4,12H,5H2. The molecule has 0 amide bonds. The topological polar surface area (TPSA) is 20.2 Å². The second kappa shape index (κ2) is 3.37. The minimum absolute atomic E-state index is 0.237. The van der Waals surface area contributed by atoms with Crippen LogP contribution in [0.15, 0.2) is 24.3 Å². The Balaban J connectivity index is 3.03. The van der Waals surface area contributed by atoms with Crippen LogP contribution in [-0.4, -0.2) is 11.7 Å². The molecular formula is C8H7ClF2O. The van der Waals surface area contributed by atoms with Crippen molar-refractivity contribution in [2.75, 3.05) is 6.61 Å². The molecule has 1 nitrogen and oxygen atoms in total. The number of aliphatic hydroxyl groups is 1. The molecule has 0 aliphatic rings. The summed E-state index contributed by atoms with van der Waals surface area (Å²) in [6.45, 7) is -1.20. The van der Waals surface area contributed by atoms with Gasteiger partial charge in [-0.15, -0.1) is 0 Å². The van der Waals surface area contributed by atoms with Gasteiger partial charge in [0.2, 0.25) is 0 Å². The minimum Gasteiger partial charge on any atom is -0.390 e. The molecule has 1 rings (SSSR count). The van der Waals surface area contributed by atoms with Crippen LogP contribution in [0, 0.1) is 0 Å². The van der Waals surface area contributed by atoms with Gasteiger partial charge in [-0.2, -0.15) is 8.78 Å². The third-order valence-corrected chi connectivity index (χ3v) is 1.68. The SMILES string of the molecule is OCC(F)(F)c1cccc(Cl)c1. The monoisotopic (exact) mass is 192 g/mol. The van der Waals surface area contributed by atoms with Gasteiger partial charge in [0.25, 0.3) is 5.92 Å².